The fourth-order valence-corrected chi connectivity index (χ4v) is 1.89. The van der Waals surface area contributed by atoms with Crippen LogP contribution in [0.25, 0.3) is 0 Å². The van der Waals surface area contributed by atoms with Gasteiger partial charge in [-0.1, -0.05) is 18.5 Å². The summed E-state index contributed by atoms with van der Waals surface area (Å²) in [6, 6.07) is 5.47. The Balaban J connectivity index is 2.08. The van der Waals surface area contributed by atoms with E-state index < -0.39 is 6.10 Å². The molecule has 21 heavy (non-hydrogen) atoms. The molecule has 4 nitrogen and oxygen atoms in total. The molecule has 0 radical (unpaired) electrons. The summed E-state index contributed by atoms with van der Waals surface area (Å²) >= 11 is 5.95. The number of aryl methyl sites for hydroxylation is 1. The topological polar surface area (TPSA) is 50.7 Å². The van der Waals surface area contributed by atoms with Crippen LogP contribution in [0.3, 0.4) is 0 Å². The van der Waals surface area contributed by atoms with Gasteiger partial charge in [-0.05, 0) is 50.1 Å². The van der Waals surface area contributed by atoms with Crippen LogP contribution >= 0.6 is 11.6 Å². The van der Waals surface area contributed by atoms with Gasteiger partial charge in [-0.15, -0.1) is 0 Å². The standard InChI is InChI=1S/C16H26ClNO3/c1-3-8-20-9-4-7-18-11-14(19)12-21-15-5-6-16(17)13(2)10-15/h5-6,10,14,18-19H,3-4,7-9,11-12H2,1-2H3. The lowest BCUT2D eigenvalue weighted by Gasteiger charge is -2.14. The smallest absolute Gasteiger partial charge is 0.119 e. The van der Waals surface area contributed by atoms with E-state index in [0.29, 0.717) is 6.54 Å². The molecular formula is C16H26ClNO3. The van der Waals surface area contributed by atoms with Crippen molar-refractivity contribution in [2.75, 3.05) is 32.9 Å². The monoisotopic (exact) mass is 315 g/mol. The fraction of sp³-hybridized carbons (Fsp3) is 0.625. The maximum atomic E-state index is 9.83. The first-order valence-corrected chi connectivity index (χ1v) is 7.86. The van der Waals surface area contributed by atoms with E-state index in [0.717, 1.165) is 48.9 Å². The van der Waals surface area contributed by atoms with Crippen LogP contribution in [0.2, 0.25) is 5.02 Å². The molecule has 0 saturated carbocycles. The Morgan fingerprint density at radius 3 is 2.86 bits per heavy atom. The summed E-state index contributed by atoms with van der Waals surface area (Å²) in [4.78, 5) is 0. The van der Waals surface area contributed by atoms with E-state index in [1.807, 2.05) is 13.0 Å². The maximum absolute atomic E-state index is 9.83. The lowest BCUT2D eigenvalue weighted by atomic mass is 10.2. The van der Waals surface area contributed by atoms with Gasteiger partial charge in [0.2, 0.25) is 0 Å². The van der Waals surface area contributed by atoms with Gasteiger partial charge in [-0.2, -0.15) is 0 Å². The highest BCUT2D eigenvalue weighted by molar-refractivity contribution is 6.31. The van der Waals surface area contributed by atoms with Gasteiger partial charge >= 0.3 is 0 Å². The van der Waals surface area contributed by atoms with Crippen LogP contribution in [0.15, 0.2) is 18.2 Å². The third kappa shape index (κ3) is 8.27. The summed E-state index contributed by atoms with van der Waals surface area (Å²) < 4.78 is 10.9. The van der Waals surface area contributed by atoms with Gasteiger partial charge in [-0.25, -0.2) is 0 Å². The van der Waals surface area contributed by atoms with Gasteiger partial charge in [0.1, 0.15) is 18.5 Å². The number of nitrogens with one attached hydrogen (secondary N) is 1. The molecule has 0 heterocycles. The molecule has 0 aromatic heterocycles. The zero-order valence-corrected chi connectivity index (χ0v) is 13.7. The molecule has 1 unspecified atom stereocenters. The average molecular weight is 316 g/mol. The first kappa shape index (κ1) is 18.2. The van der Waals surface area contributed by atoms with Crippen LogP contribution in [0.1, 0.15) is 25.3 Å². The van der Waals surface area contributed by atoms with Crippen molar-refractivity contribution in [1.82, 2.24) is 5.32 Å². The van der Waals surface area contributed by atoms with Crippen molar-refractivity contribution >= 4 is 11.6 Å². The van der Waals surface area contributed by atoms with Gasteiger partial charge in [0.25, 0.3) is 0 Å². The predicted molar refractivity (Wildman–Crippen MR) is 86.3 cm³/mol. The van der Waals surface area contributed by atoms with Crippen molar-refractivity contribution < 1.29 is 14.6 Å². The number of halogens is 1. The molecule has 0 saturated heterocycles. The Labute approximate surface area is 132 Å². The number of hydrogen-bond acceptors (Lipinski definition) is 4. The number of aliphatic hydroxyl groups excluding tert-OH is 1. The van der Waals surface area contributed by atoms with E-state index >= 15 is 0 Å². The average Bonchev–Trinajstić information content (AvgIpc) is 2.47. The Bertz CT molecular complexity index is 401. The lowest BCUT2D eigenvalue weighted by molar-refractivity contribution is 0.103. The zero-order valence-electron chi connectivity index (χ0n) is 12.9. The number of rotatable bonds is 11. The number of hydrogen-bond donors (Lipinski definition) is 2. The molecule has 0 aliphatic heterocycles. The predicted octanol–water partition coefficient (Wildman–Crippen LogP) is 2.79. The van der Waals surface area contributed by atoms with Crippen molar-refractivity contribution in [2.45, 2.75) is 32.8 Å². The molecule has 0 spiro atoms. The highest BCUT2D eigenvalue weighted by Crippen LogP contribution is 2.20. The molecular weight excluding hydrogens is 290 g/mol. The molecule has 0 aliphatic rings. The molecule has 5 heteroatoms. The molecule has 1 aromatic rings. The number of ether oxygens (including phenoxy) is 2. The molecule has 120 valence electrons. The number of benzene rings is 1. The van der Waals surface area contributed by atoms with Crippen LogP contribution < -0.4 is 10.1 Å². The van der Waals surface area contributed by atoms with E-state index in [9.17, 15) is 5.11 Å². The fourth-order valence-electron chi connectivity index (χ4n) is 1.77. The second kappa shape index (κ2) is 10.9. The van der Waals surface area contributed by atoms with Crippen molar-refractivity contribution in [1.29, 1.82) is 0 Å². The van der Waals surface area contributed by atoms with Crippen LogP contribution in [0.5, 0.6) is 5.75 Å². The third-order valence-electron chi connectivity index (χ3n) is 2.94. The zero-order chi connectivity index (χ0) is 15.5. The minimum Gasteiger partial charge on any atom is -0.491 e. The van der Waals surface area contributed by atoms with Crippen LogP contribution in [0, 0.1) is 6.92 Å². The molecule has 1 rings (SSSR count). The summed E-state index contributed by atoms with van der Waals surface area (Å²) in [5.74, 6) is 0.726. The van der Waals surface area contributed by atoms with Gasteiger partial charge in [0.05, 0.1) is 0 Å². The minimum atomic E-state index is -0.530. The van der Waals surface area contributed by atoms with Crippen molar-refractivity contribution in [3.63, 3.8) is 0 Å². The summed E-state index contributed by atoms with van der Waals surface area (Å²) in [5.41, 5.74) is 0.967. The summed E-state index contributed by atoms with van der Waals surface area (Å²) in [6.07, 6.45) is 1.47. The van der Waals surface area contributed by atoms with Crippen LogP contribution in [-0.4, -0.2) is 44.1 Å². The van der Waals surface area contributed by atoms with Crippen molar-refractivity contribution in [3.05, 3.63) is 28.8 Å². The Morgan fingerprint density at radius 2 is 2.14 bits per heavy atom. The van der Waals surface area contributed by atoms with E-state index in [4.69, 9.17) is 21.1 Å². The van der Waals surface area contributed by atoms with Gasteiger partial charge in [-0.3, -0.25) is 0 Å². The first-order chi connectivity index (χ1) is 10.1. The molecule has 0 aliphatic carbocycles. The normalized spacial score (nSPS) is 12.4. The lowest BCUT2D eigenvalue weighted by Crippen LogP contribution is -2.32. The molecule has 1 aromatic carbocycles. The van der Waals surface area contributed by atoms with Gasteiger partial charge in [0.15, 0.2) is 0 Å². The highest BCUT2D eigenvalue weighted by atomic mass is 35.5. The van der Waals surface area contributed by atoms with Gasteiger partial charge < -0.3 is 19.9 Å². The largest absolute Gasteiger partial charge is 0.491 e. The Hall–Kier alpha value is -0.810. The maximum Gasteiger partial charge on any atom is 0.119 e. The van der Waals surface area contributed by atoms with E-state index in [1.165, 1.54) is 0 Å². The number of aliphatic hydroxyl groups is 1. The summed E-state index contributed by atoms with van der Waals surface area (Å²) in [5, 5.41) is 13.7. The molecule has 0 fully saturated rings. The van der Waals surface area contributed by atoms with E-state index in [2.05, 4.69) is 12.2 Å². The van der Waals surface area contributed by atoms with E-state index in [-0.39, 0.29) is 6.61 Å². The van der Waals surface area contributed by atoms with Gasteiger partial charge in [0, 0.05) is 24.8 Å². The summed E-state index contributed by atoms with van der Waals surface area (Å²) in [7, 11) is 0. The van der Waals surface area contributed by atoms with E-state index in [1.54, 1.807) is 12.1 Å². The molecule has 0 bridgehead atoms. The Kier molecular flexibility index (Phi) is 9.42. The van der Waals surface area contributed by atoms with Crippen LogP contribution in [-0.2, 0) is 4.74 Å². The Morgan fingerprint density at radius 1 is 1.33 bits per heavy atom. The minimum absolute atomic E-state index is 0.264. The van der Waals surface area contributed by atoms with Crippen molar-refractivity contribution in [2.24, 2.45) is 0 Å². The molecule has 0 amide bonds. The second-order valence-electron chi connectivity index (χ2n) is 5.05. The first-order valence-electron chi connectivity index (χ1n) is 7.49. The highest BCUT2D eigenvalue weighted by Gasteiger charge is 2.05. The SMILES string of the molecule is CCCOCCCNCC(O)COc1ccc(Cl)c(C)c1. The molecule has 1 atom stereocenters. The quantitative estimate of drug-likeness (QED) is 0.617. The third-order valence-corrected chi connectivity index (χ3v) is 3.37. The molecule has 2 N–H and O–H groups in total. The summed E-state index contributed by atoms with van der Waals surface area (Å²) in [6.45, 7) is 7.21. The van der Waals surface area contributed by atoms with Crippen LogP contribution in [0.4, 0.5) is 0 Å². The van der Waals surface area contributed by atoms with Crippen molar-refractivity contribution in [3.8, 4) is 5.75 Å². The second-order valence-corrected chi connectivity index (χ2v) is 5.45.